The largest absolute Gasteiger partial charge is 0.508 e. The maximum atomic E-state index is 12.2. The molecule has 1 fully saturated rings. The summed E-state index contributed by atoms with van der Waals surface area (Å²) in [4.78, 5) is 15.1. The lowest BCUT2D eigenvalue weighted by atomic mass is 9.97. The van der Waals surface area contributed by atoms with Gasteiger partial charge in [-0.1, -0.05) is 68.9 Å². The van der Waals surface area contributed by atoms with Crippen molar-refractivity contribution in [1.82, 2.24) is 0 Å². The van der Waals surface area contributed by atoms with E-state index in [2.05, 4.69) is 37.4 Å². The molecule has 1 heterocycles. The molecule has 188 valence electrons. The molecule has 1 aromatic carbocycles. The number of rotatable bonds is 10. The van der Waals surface area contributed by atoms with Gasteiger partial charge in [0.25, 0.3) is 0 Å². The van der Waals surface area contributed by atoms with Crippen molar-refractivity contribution in [2.24, 2.45) is 5.11 Å². The van der Waals surface area contributed by atoms with Gasteiger partial charge in [-0.3, -0.25) is 0 Å². The summed E-state index contributed by atoms with van der Waals surface area (Å²) >= 11 is 0. The maximum absolute atomic E-state index is 12.2. The van der Waals surface area contributed by atoms with E-state index in [1.807, 2.05) is 43.4 Å². The van der Waals surface area contributed by atoms with E-state index in [0.29, 0.717) is 6.61 Å². The number of aliphatic hydroxyl groups is 1. The number of aliphatic hydroxyl groups excluding tert-OH is 1. The van der Waals surface area contributed by atoms with E-state index in [-0.39, 0.29) is 18.3 Å². The minimum Gasteiger partial charge on any atom is -0.430 e. The Kier molecular flexibility index (Phi) is 10.1. The number of benzene rings is 1. The van der Waals surface area contributed by atoms with Crippen LogP contribution in [0.15, 0.2) is 48.1 Å². The molecule has 0 radical (unpaired) electrons. The quantitative estimate of drug-likeness (QED) is 0.125. The Morgan fingerprint density at radius 2 is 2.00 bits per heavy atom. The summed E-state index contributed by atoms with van der Waals surface area (Å²) < 4.78 is 28.5. The van der Waals surface area contributed by atoms with E-state index in [4.69, 9.17) is 23.4 Å². The van der Waals surface area contributed by atoms with Gasteiger partial charge in [0.2, 0.25) is 0 Å². The van der Waals surface area contributed by atoms with Gasteiger partial charge in [0, 0.05) is 4.91 Å². The van der Waals surface area contributed by atoms with Gasteiger partial charge >= 0.3 is 6.16 Å². The summed E-state index contributed by atoms with van der Waals surface area (Å²) in [7, 11) is -2.40. The number of azide groups is 1. The summed E-state index contributed by atoms with van der Waals surface area (Å²) in [5, 5.41) is 14.6. The van der Waals surface area contributed by atoms with Gasteiger partial charge < -0.3 is 28.5 Å². The Hall–Kier alpha value is -2.40. The first-order chi connectivity index (χ1) is 16.0. The Labute approximate surface area is 201 Å². The van der Waals surface area contributed by atoms with Crippen LogP contribution in [0.5, 0.6) is 0 Å². The summed E-state index contributed by atoms with van der Waals surface area (Å²) in [6.07, 6.45) is -4.21. The first kappa shape index (κ1) is 27.8. The average molecular weight is 494 g/mol. The molecule has 0 spiro atoms. The summed E-state index contributed by atoms with van der Waals surface area (Å²) in [6, 6.07) is 8.41. The lowest BCUT2D eigenvalue weighted by Crippen LogP contribution is -2.62. The summed E-state index contributed by atoms with van der Waals surface area (Å²) in [5.41, 5.74) is 10.1. The summed E-state index contributed by atoms with van der Waals surface area (Å²) in [5.74, 6) is 0. The van der Waals surface area contributed by atoms with Crippen LogP contribution in [0.4, 0.5) is 4.79 Å². The lowest BCUT2D eigenvalue weighted by Gasteiger charge is -2.46. The molecule has 11 heteroatoms. The van der Waals surface area contributed by atoms with E-state index >= 15 is 0 Å². The zero-order valence-corrected chi connectivity index (χ0v) is 21.4. The highest BCUT2D eigenvalue weighted by Crippen LogP contribution is 2.40. The second-order valence-electron chi connectivity index (χ2n) is 9.54. The van der Waals surface area contributed by atoms with E-state index in [9.17, 15) is 15.4 Å². The SMILES string of the molecule is C=CCOC(=O)O[C@@H]1C(N=[N+]=[N-])[C@@H](O[Si](C)(C)C(C)(C)C)OC(COCc2ccccc2)[C@H]1O. The van der Waals surface area contributed by atoms with Crippen LogP contribution in [-0.4, -0.2) is 63.4 Å². The standard InChI is InChI=1S/C23H35N3O7Si/c1-7-13-30-22(28)32-20-18(25-26-24)21(33-34(5,6)23(2,3)4)31-17(19(20)27)15-29-14-16-11-9-8-10-12-16/h7-12,17-21,27H,1,13-15H2,2-6H3/t17?,18?,19-,20-,21-/m1/s1. The highest BCUT2D eigenvalue weighted by molar-refractivity contribution is 6.74. The Morgan fingerprint density at radius 3 is 2.59 bits per heavy atom. The van der Waals surface area contributed by atoms with Gasteiger partial charge in [0.1, 0.15) is 31.0 Å². The minimum atomic E-state index is -2.40. The van der Waals surface area contributed by atoms with Gasteiger partial charge in [-0.05, 0) is 29.2 Å². The molecular weight excluding hydrogens is 458 g/mol. The number of carbonyl (C=O) groups is 1. The van der Waals surface area contributed by atoms with Crippen LogP contribution in [-0.2, 0) is 30.0 Å². The predicted octanol–water partition coefficient (Wildman–Crippen LogP) is 4.70. The average Bonchev–Trinajstić information content (AvgIpc) is 2.77. The molecule has 1 saturated heterocycles. The molecule has 1 aromatic rings. The fraction of sp³-hybridized carbons (Fsp3) is 0.609. The molecule has 0 saturated carbocycles. The maximum Gasteiger partial charge on any atom is 0.508 e. The molecule has 5 atom stereocenters. The van der Waals surface area contributed by atoms with Gasteiger partial charge in [0.05, 0.1) is 13.2 Å². The fourth-order valence-corrected chi connectivity index (χ4v) is 4.19. The van der Waals surface area contributed by atoms with Crippen LogP contribution < -0.4 is 0 Å². The van der Waals surface area contributed by atoms with Crippen LogP contribution in [0, 0.1) is 0 Å². The second-order valence-corrected chi connectivity index (χ2v) is 14.3. The Morgan fingerprint density at radius 1 is 1.32 bits per heavy atom. The second kappa shape index (κ2) is 12.3. The third-order valence-corrected chi connectivity index (χ3v) is 10.4. The van der Waals surface area contributed by atoms with Crippen molar-refractivity contribution in [3.8, 4) is 0 Å². The zero-order valence-electron chi connectivity index (χ0n) is 20.4. The number of hydrogen-bond acceptors (Lipinski definition) is 8. The van der Waals surface area contributed by atoms with Crippen LogP contribution >= 0.6 is 0 Å². The van der Waals surface area contributed by atoms with Gasteiger partial charge in [0.15, 0.2) is 14.6 Å². The highest BCUT2D eigenvalue weighted by Gasteiger charge is 2.51. The molecule has 0 aliphatic carbocycles. The smallest absolute Gasteiger partial charge is 0.430 e. The van der Waals surface area contributed by atoms with Gasteiger partial charge in [-0.25, -0.2) is 4.79 Å². The van der Waals surface area contributed by atoms with E-state index < -0.39 is 45.1 Å². The molecule has 1 aliphatic rings. The third-order valence-electron chi connectivity index (χ3n) is 5.99. The molecule has 1 aliphatic heterocycles. The van der Waals surface area contributed by atoms with E-state index in [1.165, 1.54) is 6.08 Å². The van der Waals surface area contributed by atoms with Crippen molar-refractivity contribution < 1.29 is 33.3 Å². The Bertz CT molecular complexity index is 856. The van der Waals surface area contributed by atoms with Crippen LogP contribution in [0.2, 0.25) is 18.1 Å². The first-order valence-corrected chi connectivity index (χ1v) is 14.0. The molecule has 0 aromatic heterocycles. The topological polar surface area (TPSA) is 132 Å². The van der Waals surface area contributed by atoms with Crippen molar-refractivity contribution >= 4 is 14.5 Å². The van der Waals surface area contributed by atoms with Gasteiger partial charge in [-0.15, -0.1) is 0 Å². The van der Waals surface area contributed by atoms with Crippen LogP contribution in [0.25, 0.3) is 10.4 Å². The van der Waals surface area contributed by atoms with E-state index in [0.717, 1.165) is 5.56 Å². The number of carbonyl (C=O) groups excluding carboxylic acids is 1. The lowest BCUT2D eigenvalue weighted by molar-refractivity contribution is -0.248. The molecule has 0 bridgehead atoms. The molecule has 34 heavy (non-hydrogen) atoms. The first-order valence-electron chi connectivity index (χ1n) is 11.1. The molecule has 0 amide bonds. The van der Waals surface area contributed by atoms with Crippen molar-refractivity contribution in [2.45, 2.75) is 76.2 Å². The van der Waals surface area contributed by atoms with E-state index in [1.54, 1.807) is 0 Å². The normalized spacial score (nSPS) is 25.2. The number of nitrogens with zero attached hydrogens (tertiary/aromatic N) is 3. The van der Waals surface area contributed by atoms with Crippen molar-refractivity contribution in [2.75, 3.05) is 13.2 Å². The van der Waals surface area contributed by atoms with Crippen molar-refractivity contribution in [1.29, 1.82) is 0 Å². The van der Waals surface area contributed by atoms with Crippen molar-refractivity contribution in [3.05, 3.63) is 59.0 Å². The third kappa shape index (κ3) is 7.56. The zero-order chi connectivity index (χ0) is 25.4. The van der Waals surface area contributed by atoms with Crippen LogP contribution in [0.3, 0.4) is 0 Å². The predicted molar refractivity (Wildman–Crippen MR) is 128 cm³/mol. The van der Waals surface area contributed by atoms with Gasteiger partial charge in [-0.2, -0.15) is 0 Å². The number of ether oxygens (including phenoxy) is 4. The van der Waals surface area contributed by atoms with Crippen molar-refractivity contribution in [3.63, 3.8) is 0 Å². The Balaban J connectivity index is 2.26. The molecular formula is C23H35N3O7Si. The molecule has 2 rings (SSSR count). The fourth-order valence-electron chi connectivity index (χ4n) is 3.06. The molecule has 2 unspecified atom stereocenters. The minimum absolute atomic E-state index is 0.00201. The molecule has 1 N–H and O–H groups in total. The highest BCUT2D eigenvalue weighted by atomic mass is 28.4. The summed E-state index contributed by atoms with van der Waals surface area (Å²) in [6.45, 7) is 13.9. The number of hydrogen-bond donors (Lipinski definition) is 1. The van der Waals surface area contributed by atoms with Crippen LogP contribution in [0.1, 0.15) is 26.3 Å². The monoisotopic (exact) mass is 493 g/mol. The molecule has 10 nitrogen and oxygen atoms in total.